The molecule has 0 aliphatic carbocycles. The molecule has 6 aromatic carbocycles. The Morgan fingerprint density at radius 2 is 0.596 bits per heavy atom. The third-order valence-corrected chi connectivity index (χ3v) is 8.59. The number of rotatable bonds is 8. The van der Waals surface area contributed by atoms with E-state index in [4.69, 9.17) is 9.97 Å². The molecular weight excluding hydrogens is 641 g/mol. The molecular formula is C44H28N8. The molecule has 8 nitrogen and oxygen atoms in total. The van der Waals surface area contributed by atoms with Gasteiger partial charge >= 0.3 is 0 Å². The van der Waals surface area contributed by atoms with Gasteiger partial charge in [-0.25, -0.2) is 19.9 Å². The van der Waals surface area contributed by atoms with Crippen LogP contribution in [0.25, 0.3) is 33.8 Å². The minimum Gasteiger partial charge on any atom is -0.311 e. The minimum absolute atomic E-state index is 0.0917. The van der Waals surface area contributed by atoms with E-state index in [1.807, 2.05) is 109 Å². The monoisotopic (exact) mass is 668 g/mol. The molecule has 0 N–H and O–H groups in total. The van der Waals surface area contributed by atoms with Gasteiger partial charge in [0.15, 0.2) is 22.7 Å². The van der Waals surface area contributed by atoms with Gasteiger partial charge in [-0.1, -0.05) is 97.1 Å². The summed E-state index contributed by atoms with van der Waals surface area (Å²) < 4.78 is 0. The summed E-state index contributed by atoms with van der Waals surface area (Å²) in [6, 6.07) is 61.0. The van der Waals surface area contributed by atoms with E-state index in [1.165, 1.54) is 0 Å². The van der Waals surface area contributed by atoms with Gasteiger partial charge in [0, 0.05) is 45.3 Å². The number of aromatic nitrogens is 4. The van der Waals surface area contributed by atoms with Crippen molar-refractivity contribution in [3.63, 3.8) is 0 Å². The summed E-state index contributed by atoms with van der Waals surface area (Å²) >= 11 is 0. The molecule has 0 saturated heterocycles. The first-order valence-electron chi connectivity index (χ1n) is 16.6. The van der Waals surface area contributed by atoms with Crippen molar-refractivity contribution in [1.82, 2.24) is 19.9 Å². The largest absolute Gasteiger partial charge is 0.311 e. The molecule has 0 bridgehead atoms. The summed E-state index contributed by atoms with van der Waals surface area (Å²) in [6.07, 6.45) is 0. The van der Waals surface area contributed by atoms with Gasteiger partial charge in [0.1, 0.15) is 12.1 Å². The zero-order valence-electron chi connectivity index (χ0n) is 27.7. The summed E-state index contributed by atoms with van der Waals surface area (Å²) in [5.74, 6) is 0. The molecule has 0 spiro atoms. The zero-order chi connectivity index (χ0) is 35.3. The zero-order valence-corrected chi connectivity index (χ0v) is 27.7. The fourth-order valence-electron chi connectivity index (χ4n) is 6.18. The van der Waals surface area contributed by atoms with Gasteiger partial charge in [0.2, 0.25) is 0 Å². The van der Waals surface area contributed by atoms with E-state index in [9.17, 15) is 10.5 Å². The minimum atomic E-state index is -0.0917. The highest BCUT2D eigenvalue weighted by molar-refractivity contribution is 5.86. The lowest BCUT2D eigenvalue weighted by Crippen LogP contribution is -2.10. The third kappa shape index (κ3) is 6.16. The van der Waals surface area contributed by atoms with Crippen LogP contribution < -0.4 is 9.80 Å². The van der Waals surface area contributed by atoms with Crippen molar-refractivity contribution in [2.45, 2.75) is 0 Å². The van der Waals surface area contributed by atoms with Gasteiger partial charge in [0.25, 0.3) is 0 Å². The van der Waals surface area contributed by atoms with E-state index in [-0.39, 0.29) is 22.7 Å². The second-order valence-corrected chi connectivity index (χ2v) is 11.8. The summed E-state index contributed by atoms with van der Waals surface area (Å²) in [7, 11) is 0. The average molecular weight is 669 g/mol. The first-order chi connectivity index (χ1) is 25.7. The van der Waals surface area contributed by atoms with Crippen LogP contribution in [0, 0.1) is 22.7 Å². The van der Waals surface area contributed by atoms with E-state index < -0.39 is 0 Å². The van der Waals surface area contributed by atoms with Crippen molar-refractivity contribution in [2.75, 3.05) is 9.80 Å². The molecule has 0 fully saturated rings. The summed E-state index contributed by atoms with van der Waals surface area (Å²) in [6.45, 7) is 0. The third-order valence-electron chi connectivity index (χ3n) is 8.59. The van der Waals surface area contributed by atoms with Gasteiger partial charge in [-0.05, 0) is 72.8 Å². The van der Waals surface area contributed by atoms with Crippen molar-refractivity contribution in [1.29, 1.82) is 10.5 Å². The summed E-state index contributed by atoms with van der Waals surface area (Å²) in [4.78, 5) is 23.0. The number of anilines is 6. The molecule has 0 aliphatic heterocycles. The number of hydrogen-bond acceptors (Lipinski definition) is 8. The Hall–Kier alpha value is -7.68. The van der Waals surface area contributed by atoms with Gasteiger partial charge in [-0.2, -0.15) is 10.5 Å². The van der Waals surface area contributed by atoms with Gasteiger partial charge in [0.05, 0.1) is 11.4 Å². The molecule has 244 valence electrons. The maximum atomic E-state index is 9.67. The second-order valence-electron chi connectivity index (χ2n) is 11.8. The van der Waals surface area contributed by atoms with E-state index in [0.717, 1.165) is 45.3 Å². The van der Waals surface area contributed by atoms with E-state index >= 15 is 0 Å². The highest BCUT2D eigenvalue weighted by Gasteiger charge is 2.20. The van der Waals surface area contributed by atoms with Crippen LogP contribution in [0.1, 0.15) is 11.4 Å². The Balaban J connectivity index is 1.25. The summed E-state index contributed by atoms with van der Waals surface area (Å²) in [5, 5.41) is 19.3. The van der Waals surface area contributed by atoms with Crippen LogP contribution in [0.4, 0.5) is 34.1 Å². The van der Waals surface area contributed by atoms with Crippen LogP contribution in [0.5, 0.6) is 0 Å². The predicted octanol–water partition coefficient (Wildman–Crippen LogP) is 10.4. The van der Waals surface area contributed by atoms with Crippen LogP contribution in [0.3, 0.4) is 0 Å². The first kappa shape index (κ1) is 31.6. The van der Waals surface area contributed by atoms with E-state index in [2.05, 4.69) is 92.6 Å². The van der Waals surface area contributed by atoms with Crippen molar-refractivity contribution >= 4 is 45.4 Å². The lowest BCUT2D eigenvalue weighted by atomic mass is 10.0. The molecule has 52 heavy (non-hydrogen) atoms. The van der Waals surface area contributed by atoms with Crippen LogP contribution >= 0.6 is 0 Å². The molecule has 0 unspecified atom stereocenters. The smallest absolute Gasteiger partial charge is 0.199 e. The Morgan fingerprint density at radius 3 is 0.865 bits per heavy atom. The molecule has 0 atom stereocenters. The number of para-hydroxylation sites is 4. The highest BCUT2D eigenvalue weighted by Crippen LogP contribution is 2.39. The number of nitriles is 2. The maximum Gasteiger partial charge on any atom is 0.199 e. The lowest BCUT2D eigenvalue weighted by Gasteiger charge is -2.26. The maximum absolute atomic E-state index is 9.67. The highest BCUT2D eigenvalue weighted by atomic mass is 15.1. The lowest BCUT2D eigenvalue weighted by molar-refractivity contribution is 1.12. The number of fused-ring (bicyclic) bond motifs is 1. The first-order valence-corrected chi connectivity index (χ1v) is 16.6. The Bertz CT molecular complexity index is 2300. The molecule has 0 saturated carbocycles. The van der Waals surface area contributed by atoms with E-state index in [0.29, 0.717) is 11.4 Å². The topological polar surface area (TPSA) is 106 Å². The molecule has 2 heterocycles. The van der Waals surface area contributed by atoms with Crippen molar-refractivity contribution < 1.29 is 0 Å². The Kier molecular flexibility index (Phi) is 8.53. The standard InChI is InChI=1S/C44H28N8/c45-29-39-40(30-46)48-44-43(47-39)49-41(31-21-25-37(26-22-31)51(33-13-5-1-6-14-33)34-15-7-2-8-16-34)42(50-44)32-23-27-38(28-24-32)52(35-17-9-3-10-18-35)36-19-11-4-12-20-36/h1-28H. The molecule has 8 aromatic rings. The molecule has 8 rings (SSSR count). The second kappa shape index (κ2) is 14.0. The van der Waals surface area contributed by atoms with Crippen molar-refractivity contribution in [3.8, 4) is 34.7 Å². The van der Waals surface area contributed by atoms with Crippen molar-refractivity contribution in [3.05, 3.63) is 181 Å². The summed E-state index contributed by atoms with van der Waals surface area (Å²) in [5.41, 5.74) is 8.98. The van der Waals surface area contributed by atoms with Crippen LogP contribution in [-0.4, -0.2) is 19.9 Å². The molecule has 8 heteroatoms. The van der Waals surface area contributed by atoms with Gasteiger partial charge in [-0.15, -0.1) is 0 Å². The molecule has 0 amide bonds. The number of nitrogens with zero attached hydrogens (tertiary/aromatic N) is 8. The average Bonchev–Trinajstić information content (AvgIpc) is 3.22. The van der Waals surface area contributed by atoms with Crippen LogP contribution in [0.15, 0.2) is 170 Å². The molecule has 0 aliphatic rings. The van der Waals surface area contributed by atoms with Crippen molar-refractivity contribution in [2.24, 2.45) is 0 Å². The fraction of sp³-hybridized carbons (Fsp3) is 0. The van der Waals surface area contributed by atoms with Crippen LogP contribution in [0.2, 0.25) is 0 Å². The molecule has 2 aromatic heterocycles. The van der Waals surface area contributed by atoms with Gasteiger partial charge in [-0.3, -0.25) is 0 Å². The Labute approximate surface area is 300 Å². The normalized spacial score (nSPS) is 10.7. The number of hydrogen-bond donors (Lipinski definition) is 0. The predicted molar refractivity (Wildman–Crippen MR) is 205 cm³/mol. The van der Waals surface area contributed by atoms with Gasteiger partial charge < -0.3 is 9.80 Å². The number of benzene rings is 6. The Morgan fingerprint density at radius 1 is 0.327 bits per heavy atom. The molecule has 0 radical (unpaired) electrons. The quantitative estimate of drug-likeness (QED) is 0.157. The fourth-order valence-corrected chi connectivity index (χ4v) is 6.18. The SMILES string of the molecule is N#Cc1nc2nc(-c3ccc(N(c4ccccc4)c4ccccc4)cc3)c(-c3ccc(N(c4ccccc4)c4ccccc4)cc3)nc2nc1C#N. The van der Waals surface area contributed by atoms with E-state index in [1.54, 1.807) is 0 Å². The van der Waals surface area contributed by atoms with Crippen LogP contribution in [-0.2, 0) is 0 Å².